The summed E-state index contributed by atoms with van der Waals surface area (Å²) in [6.07, 6.45) is 3.31. The molecule has 2 atom stereocenters. The Hall–Kier alpha value is -0.570. The van der Waals surface area contributed by atoms with E-state index in [0.29, 0.717) is 0 Å². The van der Waals surface area contributed by atoms with Gasteiger partial charge in [0, 0.05) is 12.5 Å². The van der Waals surface area contributed by atoms with Crippen LogP contribution in [0.15, 0.2) is 0 Å². The number of carboxylic acid groups (broad SMARTS) is 1. The molecule has 12 heavy (non-hydrogen) atoms. The van der Waals surface area contributed by atoms with E-state index in [4.69, 9.17) is 10.8 Å². The fourth-order valence-corrected chi connectivity index (χ4v) is 1.24. The highest BCUT2D eigenvalue weighted by atomic mass is 16.4. The van der Waals surface area contributed by atoms with Gasteiger partial charge in [-0.1, -0.05) is 19.8 Å². The van der Waals surface area contributed by atoms with Crippen molar-refractivity contribution in [1.82, 2.24) is 0 Å². The average molecular weight is 173 g/mol. The number of carboxylic acids is 1. The fraction of sp³-hybridized carbons (Fsp3) is 0.889. The predicted octanol–water partition coefficient (Wildman–Crippen LogP) is 1.61. The van der Waals surface area contributed by atoms with Crippen molar-refractivity contribution in [3.05, 3.63) is 0 Å². The van der Waals surface area contributed by atoms with E-state index < -0.39 is 5.97 Å². The lowest BCUT2D eigenvalue weighted by atomic mass is 9.92. The Morgan fingerprint density at radius 1 is 1.58 bits per heavy atom. The van der Waals surface area contributed by atoms with Gasteiger partial charge in [0.1, 0.15) is 0 Å². The number of unbranched alkanes of at least 4 members (excludes halogenated alkanes) is 1. The molecule has 3 nitrogen and oxygen atoms in total. The number of nitrogens with two attached hydrogens (primary N) is 1. The van der Waals surface area contributed by atoms with Crippen molar-refractivity contribution in [2.24, 2.45) is 11.7 Å². The molecule has 0 aromatic rings. The van der Waals surface area contributed by atoms with Gasteiger partial charge in [-0.3, -0.25) is 4.79 Å². The minimum atomic E-state index is -0.742. The van der Waals surface area contributed by atoms with Crippen molar-refractivity contribution < 1.29 is 9.90 Å². The minimum Gasteiger partial charge on any atom is -0.481 e. The molecule has 0 aliphatic rings. The van der Waals surface area contributed by atoms with Crippen LogP contribution in [0.5, 0.6) is 0 Å². The molecule has 0 saturated carbocycles. The Bertz CT molecular complexity index is 134. The van der Waals surface area contributed by atoms with E-state index in [9.17, 15) is 4.79 Å². The zero-order chi connectivity index (χ0) is 9.56. The molecule has 0 bridgehead atoms. The van der Waals surface area contributed by atoms with Crippen molar-refractivity contribution in [2.75, 3.05) is 0 Å². The van der Waals surface area contributed by atoms with E-state index >= 15 is 0 Å². The molecule has 0 aromatic heterocycles. The molecule has 0 saturated heterocycles. The van der Waals surface area contributed by atoms with Gasteiger partial charge < -0.3 is 10.8 Å². The van der Waals surface area contributed by atoms with Gasteiger partial charge in [0.25, 0.3) is 0 Å². The van der Waals surface area contributed by atoms with Crippen LogP contribution in [0.3, 0.4) is 0 Å². The SMILES string of the molecule is CCCCC(CC(=O)O)C(C)N. The molecule has 0 aliphatic heterocycles. The first kappa shape index (κ1) is 11.4. The summed E-state index contributed by atoms with van der Waals surface area (Å²) in [6, 6.07) is -0.00681. The summed E-state index contributed by atoms with van der Waals surface area (Å²) < 4.78 is 0. The molecule has 0 aliphatic carbocycles. The lowest BCUT2D eigenvalue weighted by Crippen LogP contribution is -2.28. The molecule has 0 aromatic carbocycles. The highest BCUT2D eigenvalue weighted by molar-refractivity contribution is 5.67. The molecule has 0 rings (SSSR count). The van der Waals surface area contributed by atoms with E-state index in [1.165, 1.54) is 0 Å². The molecular formula is C9H19NO2. The molecule has 0 spiro atoms. The van der Waals surface area contributed by atoms with Crippen LogP contribution in [-0.2, 0) is 4.79 Å². The smallest absolute Gasteiger partial charge is 0.303 e. The molecular weight excluding hydrogens is 154 g/mol. The van der Waals surface area contributed by atoms with Gasteiger partial charge in [0.05, 0.1) is 0 Å². The van der Waals surface area contributed by atoms with Crippen LogP contribution in [0.25, 0.3) is 0 Å². The summed E-state index contributed by atoms with van der Waals surface area (Å²) >= 11 is 0. The van der Waals surface area contributed by atoms with Gasteiger partial charge in [-0.2, -0.15) is 0 Å². The summed E-state index contributed by atoms with van der Waals surface area (Å²) in [4.78, 5) is 10.4. The Morgan fingerprint density at radius 3 is 2.50 bits per heavy atom. The maximum Gasteiger partial charge on any atom is 0.303 e. The number of aliphatic carboxylic acids is 1. The zero-order valence-corrected chi connectivity index (χ0v) is 7.92. The second-order valence-corrected chi connectivity index (χ2v) is 3.36. The molecule has 0 heterocycles. The zero-order valence-electron chi connectivity index (χ0n) is 7.92. The molecule has 3 N–H and O–H groups in total. The number of carbonyl (C=O) groups is 1. The summed E-state index contributed by atoms with van der Waals surface area (Å²) in [6.45, 7) is 3.97. The van der Waals surface area contributed by atoms with Gasteiger partial charge in [-0.25, -0.2) is 0 Å². The maximum atomic E-state index is 10.4. The van der Waals surface area contributed by atoms with E-state index in [1.54, 1.807) is 0 Å². The largest absolute Gasteiger partial charge is 0.481 e. The quantitative estimate of drug-likeness (QED) is 0.641. The highest BCUT2D eigenvalue weighted by Crippen LogP contribution is 2.15. The van der Waals surface area contributed by atoms with Gasteiger partial charge in [0.2, 0.25) is 0 Å². The summed E-state index contributed by atoms with van der Waals surface area (Å²) in [7, 11) is 0. The third-order valence-corrected chi connectivity index (χ3v) is 2.11. The van der Waals surface area contributed by atoms with Crippen molar-refractivity contribution >= 4 is 5.97 Å². The third kappa shape index (κ3) is 5.13. The maximum absolute atomic E-state index is 10.4. The van der Waals surface area contributed by atoms with Crippen LogP contribution in [0.1, 0.15) is 39.5 Å². The summed E-state index contributed by atoms with van der Waals surface area (Å²) in [5.41, 5.74) is 5.66. The van der Waals surface area contributed by atoms with Crippen molar-refractivity contribution in [3.63, 3.8) is 0 Å². The Labute approximate surface area is 74.0 Å². The van der Waals surface area contributed by atoms with Gasteiger partial charge in [0.15, 0.2) is 0 Å². The first-order valence-corrected chi connectivity index (χ1v) is 4.55. The van der Waals surface area contributed by atoms with Gasteiger partial charge >= 0.3 is 5.97 Å². The van der Waals surface area contributed by atoms with Crippen LogP contribution in [-0.4, -0.2) is 17.1 Å². The molecule has 2 unspecified atom stereocenters. The summed E-state index contributed by atoms with van der Waals surface area (Å²) in [5, 5.41) is 8.58. The van der Waals surface area contributed by atoms with Crippen LogP contribution < -0.4 is 5.73 Å². The van der Waals surface area contributed by atoms with Gasteiger partial charge in [-0.15, -0.1) is 0 Å². The Balaban J connectivity index is 3.78. The van der Waals surface area contributed by atoms with Crippen molar-refractivity contribution in [3.8, 4) is 0 Å². The van der Waals surface area contributed by atoms with Crippen LogP contribution in [0.4, 0.5) is 0 Å². The van der Waals surface area contributed by atoms with Crippen LogP contribution in [0, 0.1) is 5.92 Å². The molecule has 3 heteroatoms. The number of hydrogen-bond acceptors (Lipinski definition) is 2. The molecule has 0 fully saturated rings. The van der Waals surface area contributed by atoms with Gasteiger partial charge in [-0.05, 0) is 19.3 Å². The lowest BCUT2D eigenvalue weighted by Gasteiger charge is -2.17. The standard InChI is InChI=1S/C9H19NO2/c1-3-4-5-8(7(2)10)6-9(11)12/h7-8H,3-6,10H2,1-2H3,(H,11,12). The third-order valence-electron chi connectivity index (χ3n) is 2.11. The van der Waals surface area contributed by atoms with E-state index in [2.05, 4.69) is 6.92 Å². The first-order valence-electron chi connectivity index (χ1n) is 4.55. The summed E-state index contributed by atoms with van der Waals surface area (Å²) in [5.74, 6) is -0.601. The van der Waals surface area contributed by atoms with Crippen LogP contribution >= 0.6 is 0 Å². The Morgan fingerprint density at radius 2 is 2.17 bits per heavy atom. The molecule has 0 amide bonds. The average Bonchev–Trinajstić information content (AvgIpc) is 1.96. The van der Waals surface area contributed by atoms with E-state index in [0.717, 1.165) is 19.3 Å². The minimum absolute atomic E-state index is 0.00681. The Kier molecular flexibility index (Phi) is 5.72. The van der Waals surface area contributed by atoms with Crippen molar-refractivity contribution in [2.45, 2.75) is 45.6 Å². The molecule has 0 radical (unpaired) electrons. The number of rotatable bonds is 6. The van der Waals surface area contributed by atoms with E-state index in [-0.39, 0.29) is 18.4 Å². The van der Waals surface area contributed by atoms with E-state index in [1.807, 2.05) is 6.92 Å². The highest BCUT2D eigenvalue weighted by Gasteiger charge is 2.16. The second kappa shape index (κ2) is 6.00. The number of hydrogen-bond donors (Lipinski definition) is 2. The second-order valence-electron chi connectivity index (χ2n) is 3.36. The lowest BCUT2D eigenvalue weighted by molar-refractivity contribution is -0.138. The predicted molar refractivity (Wildman–Crippen MR) is 48.9 cm³/mol. The first-order chi connectivity index (χ1) is 5.57. The normalized spacial score (nSPS) is 15.6. The fourth-order valence-electron chi connectivity index (χ4n) is 1.24. The monoisotopic (exact) mass is 173 g/mol. The topological polar surface area (TPSA) is 63.3 Å². The van der Waals surface area contributed by atoms with Crippen molar-refractivity contribution in [1.29, 1.82) is 0 Å². The molecule has 72 valence electrons. The van der Waals surface area contributed by atoms with Crippen LogP contribution in [0.2, 0.25) is 0 Å².